The Morgan fingerprint density at radius 2 is 0.978 bits per heavy atom. The Balaban J connectivity index is 2.22. The lowest BCUT2D eigenvalue weighted by Crippen LogP contribution is -2.58. The average Bonchev–Trinajstić information content (AvgIpc) is 3.05. The highest BCUT2D eigenvalue weighted by atomic mass is 16.3. The molecule has 10 nitrogen and oxygen atoms in total. The molecule has 0 aliphatic carbocycles. The minimum atomic E-state index is -1.60. The molecule has 0 radical (unpaired) electrons. The van der Waals surface area contributed by atoms with Gasteiger partial charge in [-0.1, -0.05) is 110 Å². The first-order valence-corrected chi connectivity index (χ1v) is 17.0. The summed E-state index contributed by atoms with van der Waals surface area (Å²) < 4.78 is 0. The van der Waals surface area contributed by atoms with Gasteiger partial charge in [0.05, 0.1) is 11.1 Å². The molecule has 10 heteroatoms. The first-order valence-electron chi connectivity index (χ1n) is 17.0. The number of aryl methyl sites for hydroxylation is 2. The fourth-order valence-corrected chi connectivity index (χ4v) is 5.65. The molecule has 0 aliphatic rings. The van der Waals surface area contributed by atoms with Crippen LogP contribution in [0.15, 0.2) is 36.4 Å². The van der Waals surface area contributed by atoms with Crippen LogP contribution in [0, 0.1) is 5.41 Å². The van der Waals surface area contributed by atoms with Gasteiger partial charge in [-0.3, -0.25) is 40.9 Å². The molecule has 0 unspecified atom stereocenters. The second-order valence-electron chi connectivity index (χ2n) is 12.0. The molecule has 0 bridgehead atoms. The Kier molecular flexibility index (Phi) is 16.7. The Hall–Kier alpha value is -4.08. The van der Waals surface area contributed by atoms with Crippen molar-refractivity contribution in [2.24, 2.45) is 5.41 Å². The van der Waals surface area contributed by atoms with E-state index >= 15 is 0 Å². The number of hydrazine groups is 2. The summed E-state index contributed by atoms with van der Waals surface area (Å²) in [6, 6.07) is 9.85. The Bertz CT molecular complexity index is 1210. The summed E-state index contributed by atoms with van der Waals surface area (Å²) in [5.41, 5.74) is 9.35. The maximum atomic E-state index is 13.8. The predicted molar refractivity (Wildman–Crippen MR) is 180 cm³/mol. The van der Waals surface area contributed by atoms with Crippen molar-refractivity contribution >= 4 is 23.6 Å². The third kappa shape index (κ3) is 10.8. The summed E-state index contributed by atoms with van der Waals surface area (Å²) in [6.07, 6.45) is 11.2. The summed E-state index contributed by atoms with van der Waals surface area (Å²) in [4.78, 5) is 53.6. The molecule has 0 spiro atoms. The number of para-hydroxylation sites is 2. The molecule has 0 aliphatic heterocycles. The largest absolute Gasteiger partial charge is 0.507 e. The second-order valence-corrected chi connectivity index (χ2v) is 12.0. The molecule has 0 saturated carbocycles. The van der Waals surface area contributed by atoms with E-state index in [0.29, 0.717) is 36.8 Å². The van der Waals surface area contributed by atoms with Crippen molar-refractivity contribution in [1.29, 1.82) is 0 Å². The van der Waals surface area contributed by atoms with Crippen molar-refractivity contribution in [1.82, 2.24) is 21.7 Å². The Morgan fingerprint density at radius 3 is 1.39 bits per heavy atom. The summed E-state index contributed by atoms with van der Waals surface area (Å²) in [5.74, 6) is -3.12. The van der Waals surface area contributed by atoms with Crippen molar-refractivity contribution in [3.05, 3.63) is 58.7 Å². The number of carbonyl (C=O) groups is 4. The fraction of sp³-hybridized carbons (Fsp3) is 0.556. The molecule has 2 rings (SSSR count). The number of amides is 4. The molecule has 0 saturated heterocycles. The maximum absolute atomic E-state index is 13.8. The van der Waals surface area contributed by atoms with Gasteiger partial charge >= 0.3 is 0 Å². The van der Waals surface area contributed by atoms with Gasteiger partial charge in [0.25, 0.3) is 23.6 Å². The molecule has 4 amide bonds. The van der Waals surface area contributed by atoms with Crippen LogP contribution in [-0.2, 0) is 22.4 Å². The number of unbranched alkanes of at least 4 members (excludes halogenated alkanes) is 7. The standard InChI is InChI=1S/C36H54N4O6/c1-5-9-12-15-25-36(24-8-4,34(45)39-37-32(43)28-22-16-20-26(30(28)41)18-13-10-6-2)35(46)40-38-33(44)29-23-17-21-27(31(29)42)19-14-11-7-3/h16-17,20-23,41-42H,5-15,18-19,24-25H2,1-4H3,(H,37,43)(H,38,44)(H,39,45)(H,40,46). The van der Waals surface area contributed by atoms with Gasteiger partial charge in [0.2, 0.25) is 0 Å². The molecule has 2 aromatic carbocycles. The van der Waals surface area contributed by atoms with Crippen LogP contribution in [0.3, 0.4) is 0 Å². The van der Waals surface area contributed by atoms with Gasteiger partial charge in [-0.2, -0.15) is 0 Å². The van der Waals surface area contributed by atoms with Gasteiger partial charge in [0, 0.05) is 0 Å². The van der Waals surface area contributed by atoms with Crippen LogP contribution >= 0.6 is 0 Å². The highest BCUT2D eigenvalue weighted by molar-refractivity contribution is 6.07. The maximum Gasteiger partial charge on any atom is 0.273 e. The van der Waals surface area contributed by atoms with Crippen LogP contribution in [0.5, 0.6) is 11.5 Å². The van der Waals surface area contributed by atoms with Crippen LogP contribution in [0.1, 0.15) is 143 Å². The number of phenolic OH excluding ortho intramolecular Hbond substituents is 2. The zero-order chi connectivity index (χ0) is 34.0. The van der Waals surface area contributed by atoms with Gasteiger partial charge in [-0.15, -0.1) is 0 Å². The van der Waals surface area contributed by atoms with Crippen molar-refractivity contribution in [2.75, 3.05) is 0 Å². The highest BCUT2D eigenvalue weighted by Gasteiger charge is 2.45. The van der Waals surface area contributed by atoms with E-state index in [1.165, 1.54) is 12.1 Å². The number of nitrogens with one attached hydrogen (secondary N) is 4. The van der Waals surface area contributed by atoms with Gasteiger partial charge in [0.1, 0.15) is 16.9 Å². The third-order valence-electron chi connectivity index (χ3n) is 8.41. The SMILES string of the molecule is CCCCCCC(CCC)(C(=O)NNC(=O)c1cccc(CCCCC)c1O)C(=O)NNC(=O)c1cccc(CCCCC)c1O. The molecular weight excluding hydrogens is 584 g/mol. The summed E-state index contributed by atoms with van der Waals surface area (Å²) in [7, 11) is 0. The summed E-state index contributed by atoms with van der Waals surface area (Å²) in [5, 5.41) is 21.5. The van der Waals surface area contributed by atoms with Crippen LogP contribution in [0.4, 0.5) is 0 Å². The van der Waals surface area contributed by atoms with Crippen molar-refractivity contribution in [2.45, 2.75) is 124 Å². The van der Waals surface area contributed by atoms with E-state index in [0.717, 1.165) is 57.8 Å². The van der Waals surface area contributed by atoms with Gasteiger partial charge < -0.3 is 10.2 Å². The van der Waals surface area contributed by atoms with Crippen molar-refractivity contribution in [3.63, 3.8) is 0 Å². The van der Waals surface area contributed by atoms with Crippen LogP contribution in [-0.4, -0.2) is 33.8 Å². The summed E-state index contributed by atoms with van der Waals surface area (Å²) >= 11 is 0. The number of rotatable bonds is 19. The van der Waals surface area contributed by atoms with E-state index in [-0.39, 0.29) is 35.5 Å². The molecule has 254 valence electrons. The van der Waals surface area contributed by atoms with E-state index in [1.807, 2.05) is 6.92 Å². The van der Waals surface area contributed by atoms with E-state index in [9.17, 15) is 29.4 Å². The average molecular weight is 639 g/mol. The minimum Gasteiger partial charge on any atom is -0.507 e. The van der Waals surface area contributed by atoms with Gasteiger partial charge in [0.15, 0.2) is 0 Å². The molecule has 0 heterocycles. The molecule has 2 aromatic rings. The third-order valence-corrected chi connectivity index (χ3v) is 8.41. The van der Waals surface area contributed by atoms with E-state index in [4.69, 9.17) is 0 Å². The zero-order valence-corrected chi connectivity index (χ0v) is 28.1. The van der Waals surface area contributed by atoms with Gasteiger partial charge in [-0.05, 0) is 61.8 Å². The lowest BCUT2D eigenvalue weighted by Gasteiger charge is -2.31. The molecule has 0 atom stereocenters. The number of aromatic hydroxyl groups is 2. The number of phenols is 2. The number of hydrogen-bond acceptors (Lipinski definition) is 6. The summed E-state index contributed by atoms with van der Waals surface area (Å²) in [6.45, 7) is 8.08. The molecule has 0 aromatic heterocycles. The van der Waals surface area contributed by atoms with Gasteiger partial charge in [-0.25, -0.2) is 0 Å². The molecule has 46 heavy (non-hydrogen) atoms. The molecule has 6 N–H and O–H groups in total. The monoisotopic (exact) mass is 638 g/mol. The number of carbonyl (C=O) groups excluding carboxylic acids is 4. The smallest absolute Gasteiger partial charge is 0.273 e. The normalized spacial score (nSPS) is 11.1. The predicted octanol–water partition coefficient (Wildman–Crippen LogP) is 6.54. The number of hydrogen-bond donors (Lipinski definition) is 6. The van der Waals surface area contributed by atoms with Crippen LogP contribution in [0.2, 0.25) is 0 Å². The second kappa shape index (κ2) is 20.1. The topological polar surface area (TPSA) is 157 Å². The van der Waals surface area contributed by atoms with Crippen LogP contribution in [0.25, 0.3) is 0 Å². The van der Waals surface area contributed by atoms with Crippen molar-refractivity contribution < 1.29 is 29.4 Å². The minimum absolute atomic E-state index is 0.0202. The van der Waals surface area contributed by atoms with E-state index < -0.39 is 29.0 Å². The van der Waals surface area contributed by atoms with E-state index in [2.05, 4.69) is 42.5 Å². The molecule has 0 fully saturated rings. The first kappa shape index (κ1) is 38.1. The number of benzene rings is 2. The lowest BCUT2D eigenvalue weighted by atomic mass is 9.77. The highest BCUT2D eigenvalue weighted by Crippen LogP contribution is 2.32. The lowest BCUT2D eigenvalue weighted by molar-refractivity contribution is -0.146. The zero-order valence-electron chi connectivity index (χ0n) is 28.1. The van der Waals surface area contributed by atoms with Crippen molar-refractivity contribution in [3.8, 4) is 11.5 Å². The molecular formula is C36H54N4O6. The Labute approximate surface area is 274 Å². The fourth-order valence-electron chi connectivity index (χ4n) is 5.65. The Morgan fingerprint density at radius 1 is 0.543 bits per heavy atom. The van der Waals surface area contributed by atoms with E-state index in [1.54, 1.807) is 24.3 Å². The first-order chi connectivity index (χ1) is 22.2. The van der Waals surface area contributed by atoms with Crippen LogP contribution < -0.4 is 21.7 Å². The quantitative estimate of drug-likeness (QED) is 0.0583.